The number of amides is 2. The summed E-state index contributed by atoms with van der Waals surface area (Å²) in [4.78, 5) is 38.0. The predicted octanol–water partition coefficient (Wildman–Crippen LogP) is 2.38. The molecule has 2 heterocycles. The van der Waals surface area contributed by atoms with Crippen molar-refractivity contribution in [2.75, 3.05) is 25.0 Å². The second-order valence-corrected chi connectivity index (χ2v) is 8.04. The number of nitrogens with zero attached hydrogens (tertiary/aromatic N) is 1. The van der Waals surface area contributed by atoms with Gasteiger partial charge in [-0.2, -0.15) is 0 Å². The van der Waals surface area contributed by atoms with E-state index in [0.717, 1.165) is 25.7 Å². The molecule has 3 aliphatic rings. The molecule has 0 spiro atoms. The molecule has 0 bridgehead atoms. The average Bonchev–Trinajstić information content (AvgIpc) is 3.44. The highest BCUT2D eigenvalue weighted by molar-refractivity contribution is 5.98. The zero-order valence-corrected chi connectivity index (χ0v) is 15.8. The van der Waals surface area contributed by atoms with E-state index in [9.17, 15) is 19.5 Å². The number of aliphatic carboxylic acids is 1. The van der Waals surface area contributed by atoms with Crippen molar-refractivity contribution in [3.05, 3.63) is 29.8 Å². The van der Waals surface area contributed by atoms with Crippen LogP contribution in [-0.2, 0) is 14.3 Å². The molecule has 1 unspecified atom stereocenters. The fourth-order valence-corrected chi connectivity index (χ4v) is 4.27. The number of likely N-dealkylation sites (tertiary alicyclic amines) is 1. The van der Waals surface area contributed by atoms with Crippen LogP contribution in [0, 0.1) is 17.8 Å². The Morgan fingerprint density at radius 1 is 1.07 bits per heavy atom. The van der Waals surface area contributed by atoms with Gasteiger partial charge < -0.3 is 20.1 Å². The van der Waals surface area contributed by atoms with Gasteiger partial charge in [0.1, 0.15) is 0 Å². The fraction of sp³-hybridized carbons (Fsp3) is 0.571. The first-order chi connectivity index (χ1) is 13.5. The first kappa shape index (κ1) is 18.9. The second-order valence-electron chi connectivity index (χ2n) is 8.04. The monoisotopic (exact) mass is 386 g/mol. The van der Waals surface area contributed by atoms with E-state index in [4.69, 9.17) is 4.74 Å². The third-order valence-electron chi connectivity index (χ3n) is 6.07. The van der Waals surface area contributed by atoms with E-state index < -0.39 is 11.9 Å². The van der Waals surface area contributed by atoms with E-state index in [1.165, 1.54) is 0 Å². The lowest BCUT2D eigenvalue weighted by Gasteiger charge is -2.35. The smallest absolute Gasteiger partial charge is 0.309 e. The second kappa shape index (κ2) is 7.91. The topological polar surface area (TPSA) is 95.9 Å². The summed E-state index contributed by atoms with van der Waals surface area (Å²) in [6.07, 6.45) is 3.70. The van der Waals surface area contributed by atoms with Crippen LogP contribution in [-0.4, -0.2) is 53.6 Å². The Labute approximate surface area is 164 Å². The van der Waals surface area contributed by atoms with Crippen molar-refractivity contribution in [1.29, 1.82) is 0 Å². The number of carboxylic acids is 1. The van der Waals surface area contributed by atoms with E-state index in [1.807, 2.05) is 4.90 Å². The number of hydrogen-bond donors (Lipinski definition) is 2. The molecular formula is C21H26N2O5. The molecule has 2 N–H and O–H groups in total. The number of carboxylic acid groups (broad SMARTS) is 1. The van der Waals surface area contributed by atoms with Crippen molar-refractivity contribution < 1.29 is 24.2 Å². The summed E-state index contributed by atoms with van der Waals surface area (Å²) in [6, 6.07) is 7.08. The van der Waals surface area contributed by atoms with E-state index in [-0.39, 0.29) is 29.8 Å². The van der Waals surface area contributed by atoms with Crippen molar-refractivity contribution >= 4 is 23.5 Å². The van der Waals surface area contributed by atoms with Crippen LogP contribution in [0.15, 0.2) is 24.3 Å². The van der Waals surface area contributed by atoms with Crippen LogP contribution < -0.4 is 5.32 Å². The first-order valence-corrected chi connectivity index (χ1v) is 10.1. The van der Waals surface area contributed by atoms with Gasteiger partial charge in [-0.05, 0) is 56.2 Å². The Morgan fingerprint density at radius 3 is 2.50 bits per heavy atom. The highest BCUT2D eigenvalue weighted by atomic mass is 16.5. The van der Waals surface area contributed by atoms with E-state index in [1.54, 1.807) is 24.3 Å². The lowest BCUT2D eigenvalue weighted by atomic mass is 9.84. The van der Waals surface area contributed by atoms with Crippen LogP contribution in [0.5, 0.6) is 0 Å². The Hall–Kier alpha value is -2.41. The van der Waals surface area contributed by atoms with Crippen molar-refractivity contribution in [2.45, 2.75) is 38.2 Å². The van der Waals surface area contributed by atoms with Crippen LogP contribution in [0.2, 0.25) is 0 Å². The molecule has 2 atom stereocenters. The molecule has 2 amide bonds. The SMILES string of the molecule is O=C(Nc1cccc(C(=O)N2CCC([C@@H]3OCCC3C(=O)O)CC2)c1)C1CC1. The van der Waals surface area contributed by atoms with Crippen molar-refractivity contribution in [3.63, 3.8) is 0 Å². The van der Waals surface area contributed by atoms with Crippen LogP contribution in [0.3, 0.4) is 0 Å². The Balaban J connectivity index is 1.35. The average molecular weight is 386 g/mol. The quantitative estimate of drug-likeness (QED) is 0.810. The molecule has 2 saturated heterocycles. The summed E-state index contributed by atoms with van der Waals surface area (Å²) in [5.41, 5.74) is 1.22. The molecule has 0 aromatic heterocycles. The van der Waals surface area contributed by atoms with Gasteiger partial charge in [0, 0.05) is 36.9 Å². The lowest BCUT2D eigenvalue weighted by molar-refractivity contribution is -0.145. The Morgan fingerprint density at radius 2 is 1.82 bits per heavy atom. The third-order valence-corrected chi connectivity index (χ3v) is 6.07. The number of hydrogen-bond acceptors (Lipinski definition) is 4. The predicted molar refractivity (Wildman–Crippen MR) is 102 cm³/mol. The molecule has 1 saturated carbocycles. The first-order valence-electron chi connectivity index (χ1n) is 10.1. The van der Waals surface area contributed by atoms with Crippen molar-refractivity contribution in [3.8, 4) is 0 Å². The van der Waals surface area contributed by atoms with Gasteiger partial charge in [0.25, 0.3) is 5.91 Å². The molecule has 1 aromatic rings. The molecule has 3 fully saturated rings. The standard InChI is InChI=1S/C21H26N2O5/c24-19(14-4-5-14)22-16-3-1-2-15(12-16)20(25)23-9-6-13(7-10-23)18-17(21(26)27)8-11-28-18/h1-3,12-14,17-18H,4-11H2,(H,22,24)(H,26,27)/t17?,18-/m0/s1. The third kappa shape index (κ3) is 4.04. The number of piperidine rings is 1. The van der Waals surface area contributed by atoms with Crippen LogP contribution in [0.1, 0.15) is 42.5 Å². The number of nitrogens with one attached hydrogen (secondary N) is 1. The van der Waals surface area contributed by atoms with Gasteiger partial charge in [-0.1, -0.05) is 6.07 Å². The minimum Gasteiger partial charge on any atom is -0.481 e. The molecule has 7 heteroatoms. The maximum absolute atomic E-state index is 12.9. The van der Waals surface area contributed by atoms with Crippen molar-refractivity contribution in [2.24, 2.45) is 17.8 Å². The number of rotatable bonds is 5. The van der Waals surface area contributed by atoms with E-state index in [0.29, 0.717) is 37.4 Å². The van der Waals surface area contributed by atoms with Crippen molar-refractivity contribution in [1.82, 2.24) is 4.90 Å². The number of benzene rings is 1. The van der Waals surface area contributed by atoms with E-state index in [2.05, 4.69) is 5.32 Å². The minimum absolute atomic E-state index is 0.0231. The maximum atomic E-state index is 12.9. The maximum Gasteiger partial charge on any atom is 0.309 e. The minimum atomic E-state index is -0.786. The highest BCUT2D eigenvalue weighted by Gasteiger charge is 2.40. The molecule has 28 heavy (non-hydrogen) atoms. The van der Waals surface area contributed by atoms with Gasteiger partial charge >= 0.3 is 5.97 Å². The summed E-state index contributed by atoms with van der Waals surface area (Å²) in [5, 5.41) is 12.2. The van der Waals surface area contributed by atoms with Gasteiger partial charge in [0.05, 0.1) is 12.0 Å². The van der Waals surface area contributed by atoms with Crippen LogP contribution >= 0.6 is 0 Å². The van der Waals surface area contributed by atoms with Crippen LogP contribution in [0.4, 0.5) is 5.69 Å². The molecule has 4 rings (SSSR count). The van der Waals surface area contributed by atoms with Crippen LogP contribution in [0.25, 0.3) is 0 Å². The molecule has 1 aromatic carbocycles. The summed E-state index contributed by atoms with van der Waals surface area (Å²) in [6.45, 7) is 1.68. The summed E-state index contributed by atoms with van der Waals surface area (Å²) in [7, 11) is 0. The summed E-state index contributed by atoms with van der Waals surface area (Å²) >= 11 is 0. The zero-order valence-electron chi connectivity index (χ0n) is 15.8. The van der Waals surface area contributed by atoms with Gasteiger partial charge in [-0.25, -0.2) is 0 Å². The largest absolute Gasteiger partial charge is 0.481 e. The number of carbonyl (C=O) groups is 3. The normalized spacial score (nSPS) is 25.5. The summed E-state index contributed by atoms with van der Waals surface area (Å²) in [5.74, 6) is -0.953. The fourth-order valence-electron chi connectivity index (χ4n) is 4.27. The van der Waals surface area contributed by atoms with Gasteiger partial charge in [-0.15, -0.1) is 0 Å². The number of carbonyl (C=O) groups excluding carboxylic acids is 2. The molecule has 150 valence electrons. The molecule has 0 radical (unpaired) electrons. The zero-order chi connectivity index (χ0) is 19.7. The lowest BCUT2D eigenvalue weighted by Crippen LogP contribution is -2.43. The molecule has 1 aliphatic carbocycles. The van der Waals surface area contributed by atoms with Gasteiger partial charge in [-0.3, -0.25) is 14.4 Å². The highest BCUT2D eigenvalue weighted by Crippen LogP contribution is 2.34. The number of anilines is 1. The van der Waals surface area contributed by atoms with Gasteiger partial charge in [0.2, 0.25) is 5.91 Å². The molecular weight excluding hydrogens is 360 g/mol. The number of ether oxygens (including phenoxy) is 1. The van der Waals surface area contributed by atoms with Gasteiger partial charge in [0.15, 0.2) is 0 Å². The van der Waals surface area contributed by atoms with E-state index >= 15 is 0 Å². The summed E-state index contributed by atoms with van der Waals surface area (Å²) < 4.78 is 5.70. The molecule has 2 aliphatic heterocycles. The Bertz CT molecular complexity index is 768. The molecule has 7 nitrogen and oxygen atoms in total. The Kier molecular flexibility index (Phi) is 5.35.